The Morgan fingerprint density at radius 2 is 2.36 bits per heavy atom. The number of carbonyl (C=O) groups excluding carboxylic acids is 1. The molecule has 3 rings (SSSR count). The molecule has 1 aromatic carbocycles. The summed E-state index contributed by atoms with van der Waals surface area (Å²) in [6, 6.07) is 4.60. The van der Waals surface area contributed by atoms with Gasteiger partial charge in [0, 0.05) is 19.0 Å². The Labute approximate surface area is 150 Å². The average Bonchev–Trinajstić information content (AvgIpc) is 2.94. The van der Waals surface area contributed by atoms with E-state index in [1.54, 1.807) is 6.07 Å². The third-order valence-corrected chi connectivity index (χ3v) is 4.53. The summed E-state index contributed by atoms with van der Waals surface area (Å²) in [5, 5.41) is 9.91. The molecular formula is C17H21FN4O2S. The molecule has 1 aliphatic heterocycles. The van der Waals surface area contributed by atoms with Crippen LogP contribution in [0.3, 0.4) is 0 Å². The van der Waals surface area contributed by atoms with Gasteiger partial charge in [0.1, 0.15) is 24.0 Å². The fourth-order valence-corrected chi connectivity index (χ4v) is 3.38. The number of amides is 1. The second kappa shape index (κ2) is 7.35. The molecule has 1 atom stereocenters. The van der Waals surface area contributed by atoms with Crippen LogP contribution >= 0.6 is 12.2 Å². The maximum absolute atomic E-state index is 13.3. The van der Waals surface area contributed by atoms with Crippen molar-refractivity contribution in [2.45, 2.75) is 32.7 Å². The molecule has 1 aliphatic rings. The van der Waals surface area contributed by atoms with Crippen molar-refractivity contribution in [1.29, 1.82) is 0 Å². The minimum atomic E-state index is -0.320. The first-order chi connectivity index (χ1) is 12.0. The van der Waals surface area contributed by atoms with Gasteiger partial charge in [0.05, 0.1) is 5.92 Å². The lowest BCUT2D eigenvalue weighted by atomic mass is 9.96. The van der Waals surface area contributed by atoms with Gasteiger partial charge in [-0.1, -0.05) is 0 Å². The Hall–Kier alpha value is -2.22. The van der Waals surface area contributed by atoms with Crippen LogP contribution < -0.4 is 10.1 Å². The summed E-state index contributed by atoms with van der Waals surface area (Å²) in [6.45, 7) is 4.82. The molecule has 25 heavy (non-hydrogen) atoms. The van der Waals surface area contributed by atoms with Crippen molar-refractivity contribution in [2.75, 3.05) is 13.2 Å². The third kappa shape index (κ3) is 3.89. The van der Waals surface area contributed by atoms with E-state index in [9.17, 15) is 9.18 Å². The zero-order valence-corrected chi connectivity index (χ0v) is 15.0. The topological polar surface area (TPSA) is 71.9 Å². The zero-order chi connectivity index (χ0) is 18.0. The summed E-state index contributed by atoms with van der Waals surface area (Å²) in [4.78, 5) is 12.4. The van der Waals surface area contributed by atoms with Gasteiger partial charge in [0.25, 0.3) is 0 Å². The van der Waals surface area contributed by atoms with Crippen molar-refractivity contribution in [3.05, 3.63) is 40.2 Å². The number of aromatic nitrogens is 3. The number of benzene rings is 1. The predicted molar refractivity (Wildman–Crippen MR) is 93.6 cm³/mol. The fourth-order valence-electron chi connectivity index (χ4n) is 3.02. The molecule has 134 valence electrons. The first-order valence-electron chi connectivity index (χ1n) is 8.30. The number of nitrogens with zero attached hydrogens (tertiary/aromatic N) is 2. The lowest BCUT2D eigenvalue weighted by Crippen LogP contribution is -2.38. The van der Waals surface area contributed by atoms with Crippen LogP contribution in [0.2, 0.25) is 0 Å². The van der Waals surface area contributed by atoms with Gasteiger partial charge in [-0.15, -0.1) is 0 Å². The molecule has 2 heterocycles. The van der Waals surface area contributed by atoms with Crippen LogP contribution in [0.4, 0.5) is 4.39 Å². The Morgan fingerprint density at radius 3 is 3.12 bits per heavy atom. The standard InChI is InChI=1S/C17H21FN4O2S/c1-10(2)22-15(20-21-17(22)25)5-6-19-16(23)12-7-11-8-13(18)3-4-14(11)24-9-12/h3-4,8,10,12H,5-7,9H2,1-2H3,(H,19,23)(H,21,25)/t12-/m1/s1. The number of fused-ring (bicyclic) bond motifs is 1. The molecule has 2 aromatic rings. The van der Waals surface area contributed by atoms with Crippen LogP contribution in [0, 0.1) is 16.5 Å². The van der Waals surface area contributed by atoms with E-state index in [0.29, 0.717) is 36.5 Å². The Bertz CT molecular complexity index is 830. The number of ether oxygens (including phenoxy) is 1. The number of hydrogen-bond acceptors (Lipinski definition) is 4. The maximum Gasteiger partial charge on any atom is 0.226 e. The highest BCUT2D eigenvalue weighted by atomic mass is 32.1. The molecule has 8 heteroatoms. The quantitative estimate of drug-likeness (QED) is 0.800. The maximum atomic E-state index is 13.3. The molecule has 1 aromatic heterocycles. The fraction of sp³-hybridized carbons (Fsp3) is 0.471. The monoisotopic (exact) mass is 364 g/mol. The van der Waals surface area contributed by atoms with Gasteiger partial charge in [-0.05, 0) is 56.2 Å². The van der Waals surface area contributed by atoms with Crippen LogP contribution in [0.25, 0.3) is 0 Å². The van der Waals surface area contributed by atoms with E-state index in [1.165, 1.54) is 12.1 Å². The zero-order valence-electron chi connectivity index (χ0n) is 14.2. The Balaban J connectivity index is 1.56. The predicted octanol–water partition coefficient (Wildman–Crippen LogP) is 2.57. The number of nitrogens with one attached hydrogen (secondary N) is 2. The molecule has 0 bridgehead atoms. The molecule has 0 spiro atoms. The van der Waals surface area contributed by atoms with Crippen LogP contribution in [0.15, 0.2) is 18.2 Å². The van der Waals surface area contributed by atoms with Crippen LogP contribution in [-0.2, 0) is 17.6 Å². The first-order valence-corrected chi connectivity index (χ1v) is 8.71. The lowest BCUT2D eigenvalue weighted by Gasteiger charge is -2.24. The summed E-state index contributed by atoms with van der Waals surface area (Å²) in [6.07, 6.45) is 1.06. The van der Waals surface area contributed by atoms with Crippen molar-refractivity contribution in [3.8, 4) is 5.75 Å². The summed E-state index contributed by atoms with van der Waals surface area (Å²) < 4.78 is 21.4. The van der Waals surface area contributed by atoms with Gasteiger partial charge in [-0.3, -0.25) is 9.89 Å². The largest absolute Gasteiger partial charge is 0.492 e. The number of carbonyl (C=O) groups is 1. The molecule has 0 unspecified atom stereocenters. The first kappa shape index (κ1) is 17.6. The number of hydrogen-bond donors (Lipinski definition) is 2. The Kier molecular flexibility index (Phi) is 5.17. The van der Waals surface area contributed by atoms with Crippen molar-refractivity contribution in [3.63, 3.8) is 0 Å². The van der Waals surface area contributed by atoms with Crippen molar-refractivity contribution in [1.82, 2.24) is 20.1 Å². The molecule has 0 saturated carbocycles. The van der Waals surface area contributed by atoms with Gasteiger partial charge in [0.2, 0.25) is 5.91 Å². The number of H-pyrrole nitrogens is 1. The van der Waals surface area contributed by atoms with E-state index in [1.807, 2.05) is 18.4 Å². The molecule has 6 nitrogen and oxygen atoms in total. The van der Waals surface area contributed by atoms with Crippen molar-refractivity contribution in [2.24, 2.45) is 5.92 Å². The highest BCUT2D eigenvalue weighted by molar-refractivity contribution is 7.71. The third-order valence-electron chi connectivity index (χ3n) is 4.24. The normalized spacial score (nSPS) is 16.4. The molecule has 0 radical (unpaired) electrons. The molecular weight excluding hydrogens is 343 g/mol. The van der Waals surface area contributed by atoms with Gasteiger partial charge >= 0.3 is 0 Å². The summed E-state index contributed by atoms with van der Waals surface area (Å²) in [7, 11) is 0. The summed E-state index contributed by atoms with van der Waals surface area (Å²) >= 11 is 5.21. The van der Waals surface area contributed by atoms with Gasteiger partial charge in [-0.25, -0.2) is 4.39 Å². The highest BCUT2D eigenvalue weighted by Crippen LogP contribution is 2.27. The van der Waals surface area contributed by atoms with E-state index in [0.717, 1.165) is 11.4 Å². The average molecular weight is 364 g/mol. The van der Waals surface area contributed by atoms with Gasteiger partial charge in [0.15, 0.2) is 4.77 Å². The second-order valence-electron chi connectivity index (χ2n) is 6.41. The van der Waals surface area contributed by atoms with Gasteiger partial charge in [-0.2, -0.15) is 5.10 Å². The molecule has 0 fully saturated rings. The van der Waals surface area contributed by atoms with E-state index < -0.39 is 0 Å². The lowest BCUT2D eigenvalue weighted by molar-refractivity contribution is -0.126. The van der Waals surface area contributed by atoms with Gasteiger partial charge < -0.3 is 14.6 Å². The number of aromatic amines is 1. The minimum Gasteiger partial charge on any atom is -0.492 e. The molecule has 1 amide bonds. The smallest absolute Gasteiger partial charge is 0.226 e. The van der Waals surface area contributed by atoms with E-state index in [2.05, 4.69) is 15.5 Å². The molecule has 0 aliphatic carbocycles. The van der Waals surface area contributed by atoms with Crippen molar-refractivity contribution >= 4 is 18.1 Å². The number of halogens is 1. The highest BCUT2D eigenvalue weighted by Gasteiger charge is 2.26. The second-order valence-corrected chi connectivity index (χ2v) is 6.80. The minimum absolute atomic E-state index is 0.0971. The Morgan fingerprint density at radius 1 is 1.56 bits per heavy atom. The molecule has 2 N–H and O–H groups in total. The summed E-state index contributed by atoms with van der Waals surface area (Å²) in [5.74, 6) is 0.728. The van der Waals surface area contributed by atoms with Crippen LogP contribution in [0.5, 0.6) is 5.75 Å². The van der Waals surface area contributed by atoms with Crippen LogP contribution in [-0.4, -0.2) is 33.8 Å². The molecule has 0 saturated heterocycles. The van der Waals surface area contributed by atoms with E-state index >= 15 is 0 Å². The number of rotatable bonds is 5. The van der Waals surface area contributed by atoms with Crippen molar-refractivity contribution < 1.29 is 13.9 Å². The summed E-state index contributed by atoms with van der Waals surface area (Å²) in [5.41, 5.74) is 0.729. The van der Waals surface area contributed by atoms with E-state index in [-0.39, 0.29) is 23.7 Å². The van der Waals surface area contributed by atoms with Crippen LogP contribution in [0.1, 0.15) is 31.3 Å². The van der Waals surface area contributed by atoms with E-state index in [4.69, 9.17) is 17.0 Å². The SMILES string of the molecule is CC(C)n1c(CCNC(=O)[C@H]2COc3ccc(F)cc3C2)n[nH]c1=S.